The number of hydrogen-bond donors (Lipinski definition) is 1. The summed E-state index contributed by atoms with van der Waals surface area (Å²) in [6.07, 6.45) is 1.97. The molecule has 0 saturated carbocycles. The molecule has 0 atom stereocenters. The first-order valence-corrected chi connectivity index (χ1v) is 9.32. The van der Waals surface area contributed by atoms with Gasteiger partial charge in [0.05, 0.1) is 0 Å². The minimum atomic E-state index is -0.239. The van der Waals surface area contributed by atoms with Gasteiger partial charge in [-0.05, 0) is 91.4 Å². The first-order valence-electron chi connectivity index (χ1n) is 9.32. The van der Waals surface area contributed by atoms with Gasteiger partial charge in [-0.3, -0.25) is 0 Å². The number of hydrogen-bond acceptors (Lipinski definition) is 2. The summed E-state index contributed by atoms with van der Waals surface area (Å²) in [4.78, 5) is 0. The van der Waals surface area contributed by atoms with Crippen LogP contribution in [0.4, 0.5) is 4.39 Å². The standard InChI is InChI=1S/C25H25FO2/c1-16(2)11-12-28-25-10-7-20(15-24(25)27)23-14-17(3)22(13-18(23)4)19-5-8-21(26)9-6-19/h5-11,13-15,27H,12H2,1-4H3. The van der Waals surface area contributed by atoms with Gasteiger partial charge in [-0.25, -0.2) is 4.39 Å². The Morgan fingerprint density at radius 2 is 1.46 bits per heavy atom. The molecular formula is C25H25FO2. The van der Waals surface area contributed by atoms with E-state index in [1.54, 1.807) is 24.3 Å². The highest BCUT2D eigenvalue weighted by Gasteiger charge is 2.11. The Balaban J connectivity index is 1.91. The molecule has 0 amide bonds. The monoisotopic (exact) mass is 376 g/mol. The van der Waals surface area contributed by atoms with Gasteiger partial charge in [-0.15, -0.1) is 0 Å². The van der Waals surface area contributed by atoms with Gasteiger partial charge in [0.1, 0.15) is 12.4 Å². The molecule has 3 heteroatoms. The highest BCUT2D eigenvalue weighted by atomic mass is 19.1. The summed E-state index contributed by atoms with van der Waals surface area (Å²) in [5, 5.41) is 10.4. The lowest BCUT2D eigenvalue weighted by atomic mass is 9.92. The predicted octanol–water partition coefficient (Wildman–Crippen LogP) is 6.83. The van der Waals surface area contributed by atoms with Crippen LogP contribution in [0, 0.1) is 19.7 Å². The number of allylic oxidation sites excluding steroid dienone is 1. The first kappa shape index (κ1) is 19.7. The number of ether oxygens (including phenoxy) is 1. The van der Waals surface area contributed by atoms with E-state index >= 15 is 0 Å². The van der Waals surface area contributed by atoms with E-state index in [0.29, 0.717) is 12.4 Å². The van der Waals surface area contributed by atoms with Gasteiger partial charge >= 0.3 is 0 Å². The van der Waals surface area contributed by atoms with E-state index in [9.17, 15) is 9.50 Å². The van der Waals surface area contributed by atoms with E-state index in [-0.39, 0.29) is 11.6 Å². The topological polar surface area (TPSA) is 29.5 Å². The Morgan fingerprint density at radius 3 is 2.04 bits per heavy atom. The molecule has 0 heterocycles. The predicted molar refractivity (Wildman–Crippen MR) is 113 cm³/mol. The normalized spacial score (nSPS) is 10.6. The molecule has 0 aromatic heterocycles. The summed E-state index contributed by atoms with van der Waals surface area (Å²) in [6, 6.07) is 16.2. The maximum Gasteiger partial charge on any atom is 0.161 e. The van der Waals surface area contributed by atoms with E-state index in [1.165, 1.54) is 17.7 Å². The average Bonchev–Trinajstić information content (AvgIpc) is 2.65. The molecule has 144 valence electrons. The van der Waals surface area contributed by atoms with Crippen LogP contribution < -0.4 is 4.74 Å². The molecule has 0 saturated heterocycles. The number of benzene rings is 3. The number of rotatable bonds is 5. The van der Waals surface area contributed by atoms with Crippen LogP contribution in [-0.2, 0) is 0 Å². The molecule has 3 rings (SSSR count). The Hall–Kier alpha value is -3.07. The Labute approximate surface area is 165 Å². The van der Waals surface area contributed by atoms with Gasteiger partial charge < -0.3 is 9.84 Å². The second-order valence-electron chi connectivity index (χ2n) is 7.26. The van der Waals surface area contributed by atoms with Gasteiger partial charge in [-0.2, -0.15) is 0 Å². The molecule has 3 aromatic rings. The lowest BCUT2D eigenvalue weighted by Crippen LogP contribution is -1.95. The van der Waals surface area contributed by atoms with Crippen LogP contribution in [-0.4, -0.2) is 11.7 Å². The molecule has 0 aliphatic carbocycles. The summed E-state index contributed by atoms with van der Waals surface area (Å²) in [5.74, 6) is 0.356. The Morgan fingerprint density at radius 1 is 0.893 bits per heavy atom. The van der Waals surface area contributed by atoms with E-state index in [2.05, 4.69) is 12.1 Å². The van der Waals surface area contributed by atoms with Crippen molar-refractivity contribution in [1.29, 1.82) is 0 Å². The van der Waals surface area contributed by atoms with Crippen LogP contribution in [0.3, 0.4) is 0 Å². The third-order valence-electron chi connectivity index (χ3n) is 4.73. The SMILES string of the molecule is CC(C)=CCOc1ccc(-c2cc(C)c(-c3ccc(F)cc3)cc2C)cc1O. The number of aryl methyl sites for hydroxylation is 2. The molecule has 1 N–H and O–H groups in total. The summed E-state index contributed by atoms with van der Waals surface area (Å²) < 4.78 is 18.8. The van der Waals surface area contributed by atoms with Gasteiger partial charge in [0, 0.05) is 0 Å². The summed E-state index contributed by atoms with van der Waals surface area (Å²) in [6.45, 7) is 8.52. The van der Waals surface area contributed by atoms with Crippen LogP contribution in [0.15, 0.2) is 66.2 Å². The van der Waals surface area contributed by atoms with Crippen LogP contribution in [0.25, 0.3) is 22.3 Å². The second kappa shape index (κ2) is 8.30. The average molecular weight is 376 g/mol. The van der Waals surface area contributed by atoms with E-state index < -0.39 is 0 Å². The summed E-state index contributed by atoms with van der Waals surface area (Å²) >= 11 is 0. The van der Waals surface area contributed by atoms with Crippen LogP contribution in [0.1, 0.15) is 25.0 Å². The Kier molecular flexibility index (Phi) is 5.84. The number of phenols is 1. The summed E-state index contributed by atoms with van der Waals surface area (Å²) in [7, 11) is 0. The minimum absolute atomic E-state index is 0.124. The van der Waals surface area contributed by atoms with Gasteiger partial charge in [-0.1, -0.05) is 35.9 Å². The van der Waals surface area contributed by atoms with E-state index in [4.69, 9.17) is 4.74 Å². The fraction of sp³-hybridized carbons (Fsp3) is 0.200. The Bertz CT molecular complexity index is 1010. The highest BCUT2D eigenvalue weighted by molar-refractivity contribution is 5.77. The zero-order valence-electron chi connectivity index (χ0n) is 16.7. The lowest BCUT2D eigenvalue weighted by molar-refractivity contribution is 0.335. The number of phenolic OH excluding ortho intramolecular Hbond substituents is 1. The molecule has 0 spiro atoms. The molecule has 3 aromatic carbocycles. The highest BCUT2D eigenvalue weighted by Crippen LogP contribution is 2.36. The van der Waals surface area contributed by atoms with Gasteiger partial charge in [0.25, 0.3) is 0 Å². The lowest BCUT2D eigenvalue weighted by Gasteiger charge is -2.14. The fourth-order valence-electron chi connectivity index (χ4n) is 3.17. The molecule has 0 aliphatic rings. The fourth-order valence-corrected chi connectivity index (χ4v) is 3.17. The van der Waals surface area contributed by atoms with Crippen molar-refractivity contribution in [3.05, 3.63) is 83.2 Å². The minimum Gasteiger partial charge on any atom is -0.504 e. The third-order valence-corrected chi connectivity index (χ3v) is 4.73. The molecule has 28 heavy (non-hydrogen) atoms. The quantitative estimate of drug-likeness (QED) is 0.495. The van der Waals surface area contributed by atoms with E-state index in [0.717, 1.165) is 33.4 Å². The third kappa shape index (κ3) is 4.42. The van der Waals surface area contributed by atoms with Crippen molar-refractivity contribution in [1.82, 2.24) is 0 Å². The second-order valence-corrected chi connectivity index (χ2v) is 7.26. The van der Waals surface area contributed by atoms with Crippen molar-refractivity contribution in [3.63, 3.8) is 0 Å². The van der Waals surface area contributed by atoms with Crippen molar-refractivity contribution in [2.75, 3.05) is 6.61 Å². The van der Waals surface area contributed by atoms with Crippen LogP contribution in [0.2, 0.25) is 0 Å². The van der Waals surface area contributed by atoms with Crippen molar-refractivity contribution >= 4 is 0 Å². The molecule has 0 radical (unpaired) electrons. The van der Waals surface area contributed by atoms with E-state index in [1.807, 2.05) is 39.8 Å². The molecule has 2 nitrogen and oxygen atoms in total. The maximum atomic E-state index is 13.2. The molecule has 0 fully saturated rings. The zero-order chi connectivity index (χ0) is 20.3. The maximum absolute atomic E-state index is 13.2. The smallest absolute Gasteiger partial charge is 0.161 e. The van der Waals surface area contributed by atoms with Gasteiger partial charge in [0.2, 0.25) is 0 Å². The van der Waals surface area contributed by atoms with Crippen LogP contribution >= 0.6 is 0 Å². The van der Waals surface area contributed by atoms with Crippen molar-refractivity contribution < 1.29 is 14.2 Å². The molecule has 0 unspecified atom stereocenters. The van der Waals surface area contributed by atoms with Crippen LogP contribution in [0.5, 0.6) is 11.5 Å². The molecule has 0 bridgehead atoms. The number of halogens is 1. The number of aromatic hydroxyl groups is 1. The summed E-state index contributed by atoms with van der Waals surface area (Å²) in [5.41, 5.74) is 7.39. The zero-order valence-corrected chi connectivity index (χ0v) is 16.7. The first-order chi connectivity index (χ1) is 13.3. The van der Waals surface area contributed by atoms with Gasteiger partial charge in [0.15, 0.2) is 11.5 Å². The van der Waals surface area contributed by atoms with Crippen molar-refractivity contribution in [2.24, 2.45) is 0 Å². The molecule has 0 aliphatic heterocycles. The van der Waals surface area contributed by atoms with Crippen molar-refractivity contribution in [3.8, 4) is 33.8 Å². The van der Waals surface area contributed by atoms with Crippen molar-refractivity contribution in [2.45, 2.75) is 27.7 Å². The molecular weight excluding hydrogens is 351 g/mol. The largest absolute Gasteiger partial charge is 0.504 e.